The van der Waals surface area contributed by atoms with E-state index in [4.69, 9.17) is 0 Å². The number of amides is 1. The molecule has 4 heterocycles. The molecule has 1 fully saturated rings. The lowest BCUT2D eigenvalue weighted by atomic mass is 9.88. The minimum atomic E-state index is -4.45. The maximum absolute atomic E-state index is 13.2. The van der Waals surface area contributed by atoms with E-state index >= 15 is 0 Å². The average molecular weight is 352 g/mol. The Morgan fingerprint density at radius 1 is 1.36 bits per heavy atom. The molecule has 1 atom stereocenters. The lowest BCUT2D eigenvalue weighted by molar-refractivity contribution is -0.156. The number of carbonyl (C=O) groups excluding carboxylic acids is 1. The Balaban J connectivity index is 1.85. The van der Waals surface area contributed by atoms with E-state index in [2.05, 4.69) is 15.0 Å². The predicted molar refractivity (Wildman–Crippen MR) is 82.5 cm³/mol. The van der Waals surface area contributed by atoms with Gasteiger partial charge in [0.1, 0.15) is 17.6 Å². The number of anilines is 2. The molecule has 2 aliphatic rings. The summed E-state index contributed by atoms with van der Waals surface area (Å²) in [6, 6.07) is 0. The molecular weight excluding hydrogens is 337 g/mol. The van der Waals surface area contributed by atoms with Crippen molar-refractivity contribution in [3.63, 3.8) is 0 Å². The number of halogens is 3. The fraction of sp³-hybridized carbons (Fsp3) is 0.467. The molecule has 1 amide bonds. The number of rotatable bonds is 2. The summed E-state index contributed by atoms with van der Waals surface area (Å²) in [4.78, 5) is 28.1. The molecule has 0 radical (unpaired) electrons. The lowest BCUT2D eigenvalue weighted by Crippen LogP contribution is -2.61. The fourth-order valence-electron chi connectivity index (χ4n) is 3.72. The first-order valence-corrected chi connectivity index (χ1v) is 7.80. The van der Waals surface area contributed by atoms with Crippen LogP contribution in [0.5, 0.6) is 0 Å². The van der Waals surface area contributed by atoms with E-state index in [1.54, 1.807) is 17.0 Å². The van der Waals surface area contributed by atoms with Crippen LogP contribution >= 0.6 is 0 Å². The van der Waals surface area contributed by atoms with Crippen LogP contribution in [0.25, 0.3) is 5.95 Å². The van der Waals surface area contributed by atoms with E-state index in [0.717, 1.165) is 0 Å². The van der Waals surface area contributed by atoms with Gasteiger partial charge in [-0.3, -0.25) is 9.36 Å². The van der Waals surface area contributed by atoms with E-state index in [9.17, 15) is 18.0 Å². The van der Waals surface area contributed by atoms with Crippen molar-refractivity contribution < 1.29 is 18.0 Å². The highest BCUT2D eigenvalue weighted by molar-refractivity contribution is 6.07. The van der Waals surface area contributed by atoms with Crippen molar-refractivity contribution in [3.05, 3.63) is 24.9 Å². The second kappa shape index (κ2) is 5.17. The molecule has 0 aromatic carbocycles. The quantitative estimate of drug-likeness (QED) is 0.826. The van der Waals surface area contributed by atoms with Gasteiger partial charge in [-0.15, -0.1) is 0 Å². The summed E-state index contributed by atoms with van der Waals surface area (Å²) in [7, 11) is 1.47. The van der Waals surface area contributed by atoms with E-state index in [-0.39, 0.29) is 6.42 Å². The number of imidazole rings is 1. The SMILES string of the molecule is CN1C(=O)C2(CC(F)(F)F)CCCN2c2nc(-n3ccnc3)ncc21. The van der Waals surface area contributed by atoms with E-state index in [1.165, 1.54) is 29.4 Å². The molecule has 10 heteroatoms. The Bertz CT molecular complexity index is 821. The van der Waals surface area contributed by atoms with Crippen LogP contribution in [0.3, 0.4) is 0 Å². The van der Waals surface area contributed by atoms with Gasteiger partial charge in [-0.25, -0.2) is 9.97 Å². The van der Waals surface area contributed by atoms with Crippen molar-refractivity contribution in [1.29, 1.82) is 0 Å². The minimum absolute atomic E-state index is 0.152. The van der Waals surface area contributed by atoms with Crippen LogP contribution in [0.2, 0.25) is 0 Å². The van der Waals surface area contributed by atoms with E-state index in [1.807, 2.05) is 0 Å². The van der Waals surface area contributed by atoms with Gasteiger partial charge in [-0.1, -0.05) is 0 Å². The third kappa shape index (κ3) is 2.35. The number of hydrogen-bond acceptors (Lipinski definition) is 5. The number of fused-ring (bicyclic) bond motifs is 3. The highest BCUT2D eigenvalue weighted by atomic mass is 19.4. The van der Waals surface area contributed by atoms with Crippen LogP contribution in [-0.4, -0.2) is 50.7 Å². The van der Waals surface area contributed by atoms with Crippen LogP contribution in [0.1, 0.15) is 19.3 Å². The number of aromatic nitrogens is 4. The Morgan fingerprint density at radius 3 is 2.84 bits per heavy atom. The van der Waals surface area contributed by atoms with Crippen LogP contribution in [0.4, 0.5) is 24.7 Å². The van der Waals surface area contributed by atoms with Gasteiger partial charge in [0.25, 0.3) is 5.91 Å². The van der Waals surface area contributed by atoms with Gasteiger partial charge in [-0.05, 0) is 12.8 Å². The zero-order valence-electron chi connectivity index (χ0n) is 13.4. The molecule has 0 saturated carbocycles. The normalized spacial score (nSPS) is 23.0. The summed E-state index contributed by atoms with van der Waals surface area (Å²) >= 11 is 0. The van der Waals surface area contributed by atoms with Crippen LogP contribution in [0.15, 0.2) is 24.9 Å². The molecule has 132 valence electrons. The number of carbonyl (C=O) groups is 1. The monoisotopic (exact) mass is 352 g/mol. The molecule has 4 rings (SSSR count). The first kappa shape index (κ1) is 15.9. The second-order valence-corrected chi connectivity index (χ2v) is 6.29. The van der Waals surface area contributed by atoms with Gasteiger partial charge in [0.2, 0.25) is 5.95 Å². The van der Waals surface area contributed by atoms with Gasteiger partial charge in [0.05, 0.1) is 12.6 Å². The second-order valence-electron chi connectivity index (χ2n) is 6.29. The summed E-state index contributed by atoms with van der Waals surface area (Å²) in [5.74, 6) is 0.0863. The molecule has 1 unspecified atom stereocenters. The zero-order chi connectivity index (χ0) is 17.8. The maximum Gasteiger partial charge on any atom is 0.391 e. The van der Waals surface area contributed by atoms with Crippen molar-refractivity contribution >= 4 is 17.4 Å². The zero-order valence-corrected chi connectivity index (χ0v) is 13.4. The molecule has 0 spiro atoms. The van der Waals surface area contributed by atoms with Crippen LogP contribution in [-0.2, 0) is 4.79 Å². The summed E-state index contributed by atoms with van der Waals surface area (Å²) in [5, 5.41) is 0. The summed E-state index contributed by atoms with van der Waals surface area (Å²) in [5.41, 5.74) is -1.21. The predicted octanol–water partition coefficient (Wildman–Crippen LogP) is 1.93. The third-order valence-corrected chi connectivity index (χ3v) is 4.77. The molecule has 0 bridgehead atoms. The topological polar surface area (TPSA) is 67.2 Å². The lowest BCUT2D eigenvalue weighted by Gasteiger charge is -2.45. The molecule has 0 aliphatic carbocycles. The van der Waals surface area contributed by atoms with Gasteiger partial charge >= 0.3 is 6.18 Å². The molecule has 0 N–H and O–H groups in total. The highest BCUT2D eigenvalue weighted by Gasteiger charge is 2.58. The first-order valence-electron chi connectivity index (χ1n) is 7.80. The van der Waals surface area contributed by atoms with Crippen LogP contribution in [0, 0.1) is 0 Å². The first-order chi connectivity index (χ1) is 11.8. The molecule has 7 nitrogen and oxygen atoms in total. The maximum atomic E-state index is 13.2. The minimum Gasteiger partial charge on any atom is -0.340 e. The Labute approximate surface area is 141 Å². The molecular formula is C15H15F3N6O. The van der Waals surface area contributed by atoms with Gasteiger partial charge in [0.15, 0.2) is 5.82 Å². The van der Waals surface area contributed by atoms with E-state index < -0.39 is 24.0 Å². The summed E-state index contributed by atoms with van der Waals surface area (Å²) in [6.45, 7) is 0.350. The van der Waals surface area contributed by atoms with Crippen molar-refractivity contribution in [2.75, 3.05) is 23.4 Å². The Kier molecular flexibility index (Phi) is 3.28. The van der Waals surface area contributed by atoms with Crippen molar-refractivity contribution in [2.45, 2.75) is 31.0 Å². The van der Waals surface area contributed by atoms with Crippen molar-refractivity contribution in [1.82, 2.24) is 19.5 Å². The average Bonchev–Trinajstić information content (AvgIpc) is 3.21. The number of alkyl halides is 3. The number of nitrogens with zero attached hydrogens (tertiary/aromatic N) is 6. The van der Waals surface area contributed by atoms with Crippen LogP contribution < -0.4 is 9.80 Å². The standard InChI is InChI=1S/C15H15F3N6O/c1-22-10-7-20-13(23-6-4-19-9-23)21-11(10)24-5-2-3-14(24,12(22)25)8-15(16,17)18/h4,6-7,9H,2-3,5,8H2,1H3. The third-order valence-electron chi connectivity index (χ3n) is 4.77. The highest BCUT2D eigenvalue weighted by Crippen LogP contribution is 2.48. The smallest absolute Gasteiger partial charge is 0.340 e. The summed E-state index contributed by atoms with van der Waals surface area (Å²) < 4.78 is 41.2. The molecule has 2 aromatic rings. The fourth-order valence-corrected chi connectivity index (χ4v) is 3.72. The molecule has 1 saturated heterocycles. The van der Waals surface area contributed by atoms with Gasteiger partial charge in [0, 0.05) is 26.0 Å². The van der Waals surface area contributed by atoms with E-state index in [0.29, 0.717) is 30.4 Å². The summed E-state index contributed by atoms with van der Waals surface area (Å²) in [6.07, 6.45) is 1.19. The Morgan fingerprint density at radius 2 is 2.16 bits per heavy atom. The largest absolute Gasteiger partial charge is 0.391 e. The molecule has 2 aromatic heterocycles. The number of likely N-dealkylation sites (N-methyl/N-ethyl adjacent to an activating group) is 1. The van der Waals surface area contributed by atoms with Gasteiger partial charge in [-0.2, -0.15) is 18.2 Å². The molecule has 2 aliphatic heterocycles. The van der Waals surface area contributed by atoms with Gasteiger partial charge < -0.3 is 9.80 Å². The number of hydrogen-bond donors (Lipinski definition) is 0. The van der Waals surface area contributed by atoms with Crippen molar-refractivity contribution in [2.24, 2.45) is 0 Å². The van der Waals surface area contributed by atoms with Crippen molar-refractivity contribution in [3.8, 4) is 5.95 Å². The Hall–Kier alpha value is -2.65. The molecule has 25 heavy (non-hydrogen) atoms.